The van der Waals surface area contributed by atoms with Crippen molar-refractivity contribution in [3.05, 3.63) is 12.1 Å². The van der Waals surface area contributed by atoms with Gasteiger partial charge in [-0.15, -0.1) is 0 Å². The molecule has 0 aliphatic heterocycles. The van der Waals surface area contributed by atoms with E-state index in [1.807, 2.05) is 0 Å². The fraction of sp³-hybridized carbons (Fsp3) is 0. The second-order valence-electron chi connectivity index (χ2n) is 2.70. The largest absolute Gasteiger partial charge is 1.00 e. The first-order valence-electron chi connectivity index (χ1n) is 3.51. The van der Waals surface area contributed by atoms with Crippen LogP contribution in [0, 0.1) is 0 Å². The molecule has 5 N–H and O–H groups in total. The van der Waals surface area contributed by atoms with E-state index in [1.54, 1.807) is 0 Å². The van der Waals surface area contributed by atoms with Gasteiger partial charge in [-0.2, -0.15) is 0 Å². The Morgan fingerprint density at radius 2 is 1.32 bits per heavy atom. The first kappa shape index (κ1) is 24.6. The maximum atomic E-state index is 10.6. The van der Waals surface area contributed by atoms with Gasteiger partial charge in [-0.25, -0.2) is 16.8 Å². The molecule has 1 aromatic rings. The van der Waals surface area contributed by atoms with Crippen molar-refractivity contribution in [2.24, 2.45) is 0 Å². The molecule has 0 radical (unpaired) electrons. The third-order valence-electron chi connectivity index (χ3n) is 1.59. The second-order valence-corrected chi connectivity index (χ2v) is 5.43. The van der Waals surface area contributed by atoms with Gasteiger partial charge in [0.15, 0.2) is 11.5 Å². The molecule has 0 heterocycles. The minimum absolute atomic E-state index is 0. The Morgan fingerprint density at radius 1 is 0.895 bits per heavy atom. The van der Waals surface area contributed by atoms with Crippen LogP contribution in [0.4, 0.5) is 0 Å². The van der Waals surface area contributed by atoms with Gasteiger partial charge < -0.3 is 25.5 Å². The Labute approximate surface area is 153 Å². The van der Waals surface area contributed by atoms with Gasteiger partial charge in [0.25, 0.3) is 0 Å². The molecule has 0 fully saturated rings. The molecule has 0 spiro atoms. The van der Waals surface area contributed by atoms with Gasteiger partial charge in [0.2, 0.25) is 0 Å². The first-order chi connectivity index (χ1) is 7.03. The number of hydrogen-bond donors (Lipinski definition) is 3. The molecule has 0 aromatic heterocycles. The van der Waals surface area contributed by atoms with Crippen LogP contribution >= 0.6 is 0 Å². The number of aromatic hydroxyl groups is 2. The van der Waals surface area contributed by atoms with E-state index in [4.69, 9.17) is 10.2 Å². The van der Waals surface area contributed by atoms with Crippen LogP contribution in [-0.2, 0) is 20.2 Å². The first-order valence-corrected chi connectivity index (χ1v) is 6.33. The van der Waals surface area contributed by atoms with Gasteiger partial charge in [-0.05, 0) is 6.07 Å². The predicted octanol–water partition coefficient (Wildman–Crippen LogP) is -6.92. The number of phenolic OH excluding ortho intramolecular Hbond substituents is 2. The number of phenols is 2. The summed E-state index contributed by atoms with van der Waals surface area (Å²) in [5.74, 6) is -2.49. The van der Waals surface area contributed by atoms with Crippen LogP contribution in [0.3, 0.4) is 0 Å². The standard InChI is InChI=1S/C6H6O8S2.H3N.2Na/c7-4-1-3(15(9,10)11)2-5(6(4)8)16(12,13)14;;;/h1-2,7-8H,(H,9,10,11)(H,12,13,14);1H3;;/q;;2*+1/p-2. The number of rotatable bonds is 2. The maximum Gasteiger partial charge on any atom is 1.00 e. The molecule has 1 aromatic carbocycles. The van der Waals surface area contributed by atoms with Gasteiger partial charge in [0.05, 0.1) is 4.90 Å². The zero-order valence-electron chi connectivity index (χ0n) is 10.0. The molecule has 1 rings (SSSR count). The fourth-order valence-corrected chi connectivity index (χ4v) is 2.11. The summed E-state index contributed by atoms with van der Waals surface area (Å²) in [7, 11) is -10.3. The average molecular weight is 331 g/mol. The van der Waals surface area contributed by atoms with Crippen molar-refractivity contribution in [2.45, 2.75) is 9.79 Å². The molecule has 0 aliphatic rings. The summed E-state index contributed by atoms with van der Waals surface area (Å²) in [5.41, 5.74) is 0. The molecular weight excluding hydrogens is 324 g/mol. The van der Waals surface area contributed by atoms with Gasteiger partial charge in [-0.3, -0.25) is 0 Å². The van der Waals surface area contributed by atoms with E-state index >= 15 is 0 Å². The van der Waals surface area contributed by atoms with Gasteiger partial charge >= 0.3 is 59.1 Å². The van der Waals surface area contributed by atoms with Crippen LogP contribution in [-0.4, -0.2) is 36.2 Å². The van der Waals surface area contributed by atoms with Crippen molar-refractivity contribution in [3.8, 4) is 11.5 Å². The van der Waals surface area contributed by atoms with Gasteiger partial charge in [0, 0.05) is 6.07 Å². The molecule has 19 heavy (non-hydrogen) atoms. The van der Waals surface area contributed by atoms with Crippen LogP contribution in [0.1, 0.15) is 0 Å². The van der Waals surface area contributed by atoms with E-state index in [1.165, 1.54) is 0 Å². The topological polar surface area (TPSA) is 190 Å². The Kier molecular flexibility index (Phi) is 10.5. The van der Waals surface area contributed by atoms with Crippen molar-refractivity contribution in [1.29, 1.82) is 0 Å². The van der Waals surface area contributed by atoms with Crippen LogP contribution in [0.2, 0.25) is 0 Å². The zero-order chi connectivity index (χ0) is 12.7. The van der Waals surface area contributed by atoms with Crippen molar-refractivity contribution < 1.29 is 95.3 Å². The SMILES string of the molecule is N.O=S(=O)([O-])c1cc(O)c(O)c(S(=O)(=O)[O-])c1.[Na+].[Na+]. The Bertz CT molecular complexity index is 641. The normalized spacial score (nSPS) is 10.6. The van der Waals surface area contributed by atoms with Crippen LogP contribution in [0.25, 0.3) is 0 Å². The van der Waals surface area contributed by atoms with Gasteiger partial charge in [-0.1, -0.05) is 0 Å². The summed E-state index contributed by atoms with van der Waals surface area (Å²) in [6.07, 6.45) is 0. The smallest absolute Gasteiger partial charge is 0.744 e. The Balaban J connectivity index is -0.000000853. The van der Waals surface area contributed by atoms with E-state index < -0.39 is 41.5 Å². The monoisotopic (exact) mass is 331 g/mol. The summed E-state index contributed by atoms with van der Waals surface area (Å²) in [6.45, 7) is 0. The summed E-state index contributed by atoms with van der Waals surface area (Å²) < 4.78 is 63.3. The number of hydrogen-bond acceptors (Lipinski definition) is 9. The minimum Gasteiger partial charge on any atom is -0.744 e. The van der Waals surface area contributed by atoms with E-state index in [0.29, 0.717) is 6.07 Å². The third-order valence-corrected chi connectivity index (χ3v) is 3.25. The molecule has 0 unspecified atom stereocenters. The van der Waals surface area contributed by atoms with E-state index in [2.05, 4.69) is 0 Å². The van der Waals surface area contributed by atoms with Crippen LogP contribution in [0.15, 0.2) is 21.9 Å². The van der Waals surface area contributed by atoms with Crippen molar-refractivity contribution in [1.82, 2.24) is 6.15 Å². The molecule has 98 valence electrons. The van der Waals surface area contributed by atoms with Crippen molar-refractivity contribution in [2.75, 3.05) is 0 Å². The number of benzene rings is 1. The molecule has 9 nitrogen and oxygen atoms in total. The molecule has 0 saturated carbocycles. The van der Waals surface area contributed by atoms with Crippen molar-refractivity contribution in [3.63, 3.8) is 0 Å². The van der Waals surface area contributed by atoms with Gasteiger partial charge in [0.1, 0.15) is 25.1 Å². The second kappa shape index (κ2) is 8.14. The molecule has 0 amide bonds. The van der Waals surface area contributed by atoms with E-state index in [9.17, 15) is 25.9 Å². The quantitative estimate of drug-likeness (QED) is 0.268. The molecule has 0 atom stereocenters. The average Bonchev–Trinajstić information content (AvgIpc) is 2.05. The summed E-state index contributed by atoms with van der Waals surface area (Å²) in [5, 5.41) is 17.9. The van der Waals surface area contributed by atoms with Crippen LogP contribution in [0.5, 0.6) is 11.5 Å². The van der Waals surface area contributed by atoms with E-state index in [-0.39, 0.29) is 71.3 Å². The molecule has 0 bridgehead atoms. The molecule has 0 saturated heterocycles. The van der Waals surface area contributed by atoms with E-state index in [0.717, 1.165) is 0 Å². The van der Waals surface area contributed by atoms with Crippen LogP contribution < -0.4 is 65.3 Å². The maximum absolute atomic E-state index is 10.6. The summed E-state index contributed by atoms with van der Waals surface area (Å²) in [4.78, 5) is -2.50. The third kappa shape index (κ3) is 6.27. The fourth-order valence-electron chi connectivity index (χ4n) is 0.903. The Morgan fingerprint density at radius 3 is 1.63 bits per heavy atom. The summed E-state index contributed by atoms with van der Waals surface area (Å²) >= 11 is 0. The minimum atomic E-state index is -5.20. The molecular formula is C6H7NNa2O8S2. The predicted molar refractivity (Wildman–Crippen MR) is 50.7 cm³/mol. The molecule has 0 aliphatic carbocycles. The van der Waals surface area contributed by atoms with Crippen molar-refractivity contribution >= 4 is 20.2 Å². The Hall–Kier alpha value is 0.600. The zero-order valence-corrected chi connectivity index (χ0v) is 15.7. The summed E-state index contributed by atoms with van der Waals surface area (Å²) in [6, 6.07) is 0.520. The molecule has 13 heteroatoms.